The molecule has 127 heavy (non-hydrogen) atoms. The lowest BCUT2D eigenvalue weighted by atomic mass is 9.80. The van der Waals surface area contributed by atoms with E-state index in [4.69, 9.17) is 84.8 Å². The molecule has 10 rings (SSSR count). The fourth-order valence-electron chi connectivity index (χ4n) is 14.5. The predicted molar refractivity (Wildman–Crippen MR) is 438 cm³/mol. The third kappa shape index (κ3) is 25.8. The van der Waals surface area contributed by atoms with Gasteiger partial charge in [-0.25, -0.2) is 24.0 Å². The molecule has 20 atom stereocenters. The maximum Gasteiger partial charge on any atom is 0.364 e. The summed E-state index contributed by atoms with van der Waals surface area (Å²) < 4.78 is 76.6. The summed E-state index contributed by atoms with van der Waals surface area (Å²) in [4.78, 5) is 153. The van der Waals surface area contributed by atoms with Gasteiger partial charge in [-0.05, 0) is 90.4 Å². The Morgan fingerprint density at radius 2 is 1.20 bits per heavy atom. The number of aromatic amines is 2. The number of aliphatic hydroxyl groups excluding tert-OH is 9. The van der Waals surface area contributed by atoms with Gasteiger partial charge >= 0.3 is 29.6 Å². The lowest BCUT2D eigenvalue weighted by Crippen LogP contribution is -2.71. The number of ether oxygens (including phenoxy) is 13. The van der Waals surface area contributed by atoms with Gasteiger partial charge in [-0.15, -0.1) is 0 Å². The van der Waals surface area contributed by atoms with Gasteiger partial charge < -0.3 is 144 Å². The van der Waals surface area contributed by atoms with E-state index < -0.39 is 238 Å². The van der Waals surface area contributed by atoms with Crippen LogP contribution in [-0.4, -0.2) is 304 Å². The Kier molecular flexibility index (Phi) is 35.9. The average Bonchev–Trinajstić information content (AvgIpc) is 0.744. The maximum absolute atomic E-state index is 14.7. The van der Waals surface area contributed by atoms with E-state index in [0.29, 0.717) is 33.9 Å². The lowest BCUT2D eigenvalue weighted by molar-refractivity contribution is -0.378. The minimum atomic E-state index is -3.33. The maximum atomic E-state index is 14.7. The van der Waals surface area contributed by atoms with Gasteiger partial charge in [-0.3, -0.25) is 33.8 Å². The first-order chi connectivity index (χ1) is 60.7. The molecule has 43 heteroatoms. The van der Waals surface area contributed by atoms with E-state index >= 15 is 0 Å². The van der Waals surface area contributed by atoms with Crippen LogP contribution in [0.15, 0.2) is 137 Å². The van der Waals surface area contributed by atoms with Crippen molar-refractivity contribution in [2.24, 2.45) is 5.92 Å². The summed E-state index contributed by atoms with van der Waals surface area (Å²) in [6.45, 7) is -2.30. The van der Waals surface area contributed by atoms with Crippen molar-refractivity contribution < 1.29 is 156 Å². The molecule has 0 radical (unpaired) electrons. The fraction of sp³-hybridized carbons (Fsp3) is 0.464. The van der Waals surface area contributed by atoms with Crippen LogP contribution in [0, 0.1) is 5.92 Å². The number of nitrogens with one attached hydrogen (secondary N) is 7. The van der Waals surface area contributed by atoms with Gasteiger partial charge in [0.1, 0.15) is 104 Å². The van der Waals surface area contributed by atoms with Crippen molar-refractivity contribution in [2.75, 3.05) is 73.5 Å². The van der Waals surface area contributed by atoms with E-state index in [2.05, 4.69) is 31.6 Å². The van der Waals surface area contributed by atoms with Crippen LogP contribution < -0.4 is 47.3 Å². The second-order valence-electron chi connectivity index (χ2n) is 29.8. The van der Waals surface area contributed by atoms with Crippen LogP contribution in [0.3, 0.4) is 0 Å². The molecule has 4 heterocycles. The summed E-state index contributed by atoms with van der Waals surface area (Å²) in [6.07, 6.45) is -33.5. The number of methoxy groups -OCH3 is 2. The van der Waals surface area contributed by atoms with E-state index in [1.165, 1.54) is 75.7 Å². The van der Waals surface area contributed by atoms with Crippen LogP contribution in [0.1, 0.15) is 103 Å². The smallest absolute Gasteiger partial charge is 0.364 e. The third-order valence-electron chi connectivity index (χ3n) is 20.9. The van der Waals surface area contributed by atoms with E-state index in [-0.39, 0.29) is 90.7 Å². The number of carboxylic acid groups (broad SMARTS) is 1. The number of halogens is 2. The van der Waals surface area contributed by atoms with Gasteiger partial charge in [0.25, 0.3) is 17.3 Å². The summed E-state index contributed by atoms with van der Waals surface area (Å²) in [7, 11) is 2.67. The Morgan fingerprint density at radius 3 is 1.74 bits per heavy atom. The summed E-state index contributed by atoms with van der Waals surface area (Å²) in [5, 5.41) is 124. The van der Waals surface area contributed by atoms with Crippen molar-refractivity contribution >= 4 is 82.2 Å². The molecule has 0 bridgehead atoms. The van der Waals surface area contributed by atoms with Crippen LogP contribution in [0.4, 0.5) is 0 Å². The lowest BCUT2D eigenvalue weighted by Gasteiger charge is -2.51. The first-order valence-corrected chi connectivity index (χ1v) is 40.7. The molecule has 17 N–H and O–H groups in total. The van der Waals surface area contributed by atoms with Crippen molar-refractivity contribution in [1.29, 1.82) is 0 Å². The van der Waals surface area contributed by atoms with Gasteiger partial charge in [-0.1, -0.05) is 108 Å². The monoisotopic (exact) mass is 1820 g/mol. The van der Waals surface area contributed by atoms with E-state index in [1.54, 1.807) is 54.6 Å². The molecule has 6 aromatic rings. The number of benzene rings is 5. The number of hydrogen-bond acceptors (Lipinski definition) is 33. The Morgan fingerprint density at radius 1 is 0.630 bits per heavy atom. The van der Waals surface area contributed by atoms with Crippen LogP contribution in [0.5, 0.6) is 11.5 Å². The molecule has 4 aliphatic rings. The molecule has 1 aliphatic carbocycles. The molecule has 5 aromatic carbocycles. The van der Waals surface area contributed by atoms with Gasteiger partial charge in [0, 0.05) is 45.0 Å². The first-order valence-electron chi connectivity index (χ1n) is 40.0. The molecule has 688 valence electrons. The number of aromatic nitrogens is 2. The molecule has 1 saturated carbocycles. The highest BCUT2D eigenvalue weighted by Crippen LogP contribution is 2.43. The second kappa shape index (κ2) is 46.3. The van der Waals surface area contributed by atoms with E-state index in [0.717, 1.165) is 6.92 Å². The number of rotatable bonds is 40. The Hall–Kier alpha value is -10.8. The molecule has 1 aromatic heterocycles. The molecule has 18 unspecified atom stereocenters. The van der Waals surface area contributed by atoms with Crippen molar-refractivity contribution in [1.82, 2.24) is 36.6 Å². The van der Waals surface area contributed by atoms with Crippen LogP contribution in [0.2, 0.25) is 10.0 Å². The van der Waals surface area contributed by atoms with E-state index in [1.807, 2.05) is 17.1 Å². The SMILES string of the molecule is COc1c(Cl)cc(C(=CCCNC(=O)COCCOCC(=O)NCCNC(=O)C2CC(NC(=O)c3cc(=O)[nH]c(=O)[nH]3)C(OC3OC(C)C(O)C(O)C3O)C(OC3OC(CO)C(O)C(OC4(C(=O)O)CC(O)C(NC(C)=O)C([C@H](O)[C@H](O)CO)O4)C3OC(=O)c3ccccc3)C2)c2cc(Cl)c(OC)c(C(=O)OCc3ccccc3)c2)cc1C(=O)OCc1ccccc1. The first kappa shape index (κ1) is 98.4. The number of carbonyl (C=O) groups is 9. The number of carbonyl (C=O) groups excluding carboxylic acids is 8. The molecule has 5 amide bonds. The highest BCUT2D eigenvalue weighted by molar-refractivity contribution is 6.33. The topological polar surface area (TPSA) is 602 Å². The average molecular weight is 1820 g/mol. The van der Waals surface area contributed by atoms with Crippen LogP contribution in [0.25, 0.3) is 5.57 Å². The molecule has 4 fully saturated rings. The third-order valence-corrected chi connectivity index (χ3v) is 21.4. The zero-order valence-corrected chi connectivity index (χ0v) is 70.2. The molecule has 41 nitrogen and oxygen atoms in total. The number of amides is 5. The van der Waals surface area contributed by atoms with Crippen molar-refractivity contribution in [2.45, 2.75) is 169 Å². The van der Waals surface area contributed by atoms with Gasteiger partial charge in [0.05, 0.1) is 86.7 Å². The Labute approximate surface area is 733 Å². The number of aliphatic hydroxyl groups is 9. The van der Waals surface area contributed by atoms with Crippen molar-refractivity contribution in [3.63, 3.8) is 0 Å². The molecule has 3 saturated heterocycles. The zero-order valence-electron chi connectivity index (χ0n) is 68.7. The second-order valence-corrected chi connectivity index (χ2v) is 30.6. The number of carboxylic acids is 1. The Balaban J connectivity index is 0.819. The largest absolute Gasteiger partial charge is 0.494 e. The normalized spacial score (nSPS) is 25.6. The van der Waals surface area contributed by atoms with Crippen LogP contribution >= 0.6 is 23.2 Å². The predicted octanol–water partition coefficient (Wildman–Crippen LogP) is -1.05. The molecule has 0 spiro atoms. The minimum absolute atomic E-state index is 0.0120. The summed E-state index contributed by atoms with van der Waals surface area (Å²) in [5.41, 5.74) is -0.643. The van der Waals surface area contributed by atoms with Gasteiger partial charge in [-0.2, -0.15) is 0 Å². The van der Waals surface area contributed by atoms with Gasteiger partial charge in [0.15, 0.2) is 30.2 Å². The number of esters is 3. The van der Waals surface area contributed by atoms with Gasteiger partial charge in [0.2, 0.25) is 23.6 Å². The van der Waals surface area contributed by atoms with Crippen LogP contribution in [-0.2, 0) is 89.3 Å². The molecule has 3 aliphatic heterocycles. The van der Waals surface area contributed by atoms with Crippen molar-refractivity contribution in [3.8, 4) is 11.5 Å². The number of H-pyrrole nitrogens is 2. The fourth-order valence-corrected chi connectivity index (χ4v) is 15.1. The Bertz CT molecular complexity index is 4800. The molecular weight excluding hydrogens is 1720 g/mol. The standard InChI is InChI=1S/C84H99Cl2N7O34/c1-41-64(102)67(105)68(106)80(121-41)125-71-54(91-76(108)55-33-60(99)93-83(114)92-55)31-48(32-58(71)122-81-74(124-77(109)45-19-12-7-13-20-45)73(66(104)59(36-95)123-81)127-84(82(112)113)34-56(97)63(90-42(2)96)72(126-84)65(103)57(98)35-94)75(107)89-24-23-88-62(101)40-118-26-25-117-39-61(100)87-22-14-21-49(46-27-50(69(115-3)52(85)29-46)78(110)119-37-43-15-8-5-9-16-43)47-28-51(70(116-4)53(86)30-47)79(111)120-38-44-17-10-6-11-18-44/h5-13,15-21,27-30,33,41,48,54,56-59,63-68,71-74,80-81,94-95,97-98,102-106H,14,22-26,31-32,34-40H2,1-4H3,(H,87,100)(H,88,101)(H,89,107)(H,90,96)(H,91,108)(H,112,113)(H2,92,93,99,114)/t41?,48?,54?,56?,57-,58?,59?,63?,64?,65-,66?,67?,68?,71?,72?,73?,74?,80?,81?,84?/m1/s1. The zero-order chi connectivity index (χ0) is 91.9. The summed E-state index contributed by atoms with van der Waals surface area (Å²) >= 11 is 13.6. The molecular formula is C84H99Cl2N7O34. The van der Waals surface area contributed by atoms with E-state index in [9.17, 15) is 104 Å². The number of hydrogen-bond donors (Lipinski definition) is 17. The summed E-state index contributed by atoms with van der Waals surface area (Å²) in [6, 6.07) is 28.1. The summed E-state index contributed by atoms with van der Waals surface area (Å²) in [5.74, 6) is -13.8. The number of aliphatic carboxylic acids is 1. The highest BCUT2D eigenvalue weighted by atomic mass is 35.5. The minimum Gasteiger partial charge on any atom is -0.494 e. The quantitative estimate of drug-likeness (QED) is 0.0124. The van der Waals surface area contributed by atoms with Crippen molar-refractivity contribution in [3.05, 3.63) is 203 Å². The highest BCUT2D eigenvalue weighted by Gasteiger charge is 2.61.